The molecule has 0 radical (unpaired) electrons. The van der Waals surface area contributed by atoms with E-state index in [1.165, 1.54) is 11.6 Å². The minimum absolute atomic E-state index is 0.0493. The lowest BCUT2D eigenvalue weighted by Crippen LogP contribution is -2.70. The van der Waals surface area contributed by atoms with Gasteiger partial charge in [-0.2, -0.15) is 20.7 Å². The van der Waals surface area contributed by atoms with Crippen LogP contribution in [0.3, 0.4) is 0 Å². The van der Waals surface area contributed by atoms with Crippen LogP contribution in [0.2, 0.25) is 51.4 Å². The molecule has 0 atom stereocenters. The summed E-state index contributed by atoms with van der Waals surface area (Å²) in [5.74, 6) is 0. The molecule has 86 heavy (non-hydrogen) atoms. The van der Waals surface area contributed by atoms with E-state index in [2.05, 4.69) is 105 Å². The largest absolute Gasteiger partial charge is 0.444 e. The Morgan fingerprint density at radius 3 is 1.59 bits per heavy atom. The number of carbonyl (C=O) groups is 2. The predicted molar refractivity (Wildman–Crippen MR) is 338 cm³/mol. The Kier molecular flexibility index (Phi) is 20.2. The SMILES string of the molecule is CC(C)(C)OC(=O)N1CCC(C)(N2CC(=CC#N)C2)CC1.CC(C)(C)OC(=O)N1CCC(C)(N2CC(CC#N)(n3cc(-c4ncnc5c4ccn5COCC[Si](C)(C)C)cn3)C2)CC1.C[Si](C)(C)CCOCn1ccc2c(-c3cn[nH]c3)ncnc21. The summed E-state index contributed by atoms with van der Waals surface area (Å²) in [6.07, 6.45) is 19.8. The number of aromatic amines is 1. The van der Waals surface area contributed by atoms with Crippen molar-refractivity contribution < 1.29 is 28.5 Å². The van der Waals surface area contributed by atoms with Gasteiger partial charge in [0.25, 0.3) is 0 Å². The maximum absolute atomic E-state index is 12.6. The highest BCUT2D eigenvalue weighted by Crippen LogP contribution is 2.42. The fraction of sp³-hybridized carbons (Fsp3) is 0.613. The van der Waals surface area contributed by atoms with E-state index in [-0.39, 0.29) is 23.3 Å². The van der Waals surface area contributed by atoms with Gasteiger partial charge >= 0.3 is 12.2 Å². The molecule has 4 saturated heterocycles. The molecule has 10 rings (SSSR count). The lowest BCUT2D eigenvalue weighted by atomic mass is 9.78. The monoisotopic (exact) mass is 1210 g/mol. The van der Waals surface area contributed by atoms with Gasteiger partial charge in [0.15, 0.2) is 0 Å². The Balaban J connectivity index is 0.000000187. The fourth-order valence-electron chi connectivity index (χ4n) is 11.0. The normalized spacial score (nSPS) is 17.9. The summed E-state index contributed by atoms with van der Waals surface area (Å²) in [5, 5.41) is 31.9. The molecule has 464 valence electrons. The van der Waals surface area contributed by atoms with Crippen LogP contribution in [0.15, 0.2) is 73.6 Å². The molecule has 2 amide bonds. The van der Waals surface area contributed by atoms with Gasteiger partial charge in [-0.1, -0.05) is 39.3 Å². The number of rotatable bonds is 16. The summed E-state index contributed by atoms with van der Waals surface area (Å²) in [6, 6.07) is 10.8. The smallest absolute Gasteiger partial charge is 0.410 e. The second-order valence-corrected chi connectivity index (χ2v) is 39.7. The zero-order chi connectivity index (χ0) is 62.3. The average Bonchev–Trinajstić information content (AvgIpc) is 2.83. The number of nitrogens with zero attached hydrogens (tertiary/aromatic N) is 15. The third kappa shape index (κ3) is 16.6. The minimum atomic E-state index is -1.15. The van der Waals surface area contributed by atoms with Gasteiger partial charge in [-0.05, 0) is 111 Å². The van der Waals surface area contributed by atoms with Gasteiger partial charge in [0.1, 0.15) is 54.2 Å². The molecule has 0 aromatic carbocycles. The number of allylic oxidation sites excluding steroid dienone is 1. The number of likely N-dealkylation sites (tertiary alicyclic amines) is 4. The third-order valence-corrected chi connectivity index (χ3v) is 20.0. The van der Waals surface area contributed by atoms with E-state index in [1.54, 1.807) is 29.8 Å². The number of nitriles is 2. The van der Waals surface area contributed by atoms with Crippen molar-refractivity contribution in [3.8, 4) is 34.7 Å². The van der Waals surface area contributed by atoms with Crippen LogP contribution in [-0.2, 0) is 37.9 Å². The Hall–Kier alpha value is -6.81. The lowest BCUT2D eigenvalue weighted by molar-refractivity contribution is -0.0883. The molecule has 0 spiro atoms. The number of fused-ring (bicyclic) bond motifs is 2. The number of amides is 2. The number of hydrogen-bond acceptors (Lipinski definition) is 16. The highest BCUT2D eigenvalue weighted by molar-refractivity contribution is 6.76. The number of ether oxygens (including phenoxy) is 4. The molecule has 0 bridgehead atoms. The van der Waals surface area contributed by atoms with Crippen LogP contribution >= 0.6 is 0 Å². The number of carbonyl (C=O) groups excluding carboxylic acids is 2. The molecule has 10 heterocycles. The van der Waals surface area contributed by atoms with Crippen molar-refractivity contribution in [3.05, 3.63) is 73.6 Å². The number of piperidine rings is 2. The quantitative estimate of drug-likeness (QED) is 0.0538. The Morgan fingerprint density at radius 2 is 1.16 bits per heavy atom. The number of nitrogens with one attached hydrogen (secondary N) is 1. The van der Waals surface area contributed by atoms with Crippen molar-refractivity contribution in [2.45, 2.75) is 180 Å². The maximum atomic E-state index is 12.6. The van der Waals surface area contributed by atoms with E-state index >= 15 is 0 Å². The molecule has 0 aliphatic carbocycles. The molecule has 6 aromatic rings. The molecular formula is C62H92N16O6Si2. The van der Waals surface area contributed by atoms with Crippen LogP contribution in [0.25, 0.3) is 44.6 Å². The summed E-state index contributed by atoms with van der Waals surface area (Å²) >= 11 is 0. The van der Waals surface area contributed by atoms with Crippen molar-refractivity contribution in [1.29, 1.82) is 10.5 Å². The van der Waals surface area contributed by atoms with E-state index < -0.39 is 32.9 Å². The van der Waals surface area contributed by atoms with Crippen molar-refractivity contribution >= 4 is 50.4 Å². The highest BCUT2D eigenvalue weighted by Gasteiger charge is 2.52. The van der Waals surface area contributed by atoms with Crippen molar-refractivity contribution in [2.24, 2.45) is 0 Å². The van der Waals surface area contributed by atoms with Gasteiger partial charge in [0.2, 0.25) is 0 Å². The fourth-order valence-corrected chi connectivity index (χ4v) is 12.5. The third-order valence-electron chi connectivity index (χ3n) is 16.6. The summed E-state index contributed by atoms with van der Waals surface area (Å²) in [5.41, 5.74) is 5.23. The van der Waals surface area contributed by atoms with Crippen molar-refractivity contribution in [3.63, 3.8) is 0 Å². The Morgan fingerprint density at radius 1 is 0.686 bits per heavy atom. The van der Waals surface area contributed by atoms with E-state index in [0.29, 0.717) is 33.0 Å². The number of H-pyrrole nitrogens is 1. The van der Waals surface area contributed by atoms with Gasteiger partial charge in [-0.3, -0.25) is 19.6 Å². The molecule has 1 N–H and O–H groups in total. The van der Waals surface area contributed by atoms with Crippen LogP contribution in [0, 0.1) is 22.7 Å². The van der Waals surface area contributed by atoms with Gasteiger partial charge in [0, 0.05) is 146 Å². The molecule has 0 unspecified atom stereocenters. The molecular weight excluding hydrogens is 1120 g/mol. The molecule has 22 nitrogen and oxygen atoms in total. The van der Waals surface area contributed by atoms with Crippen LogP contribution in [0.5, 0.6) is 0 Å². The van der Waals surface area contributed by atoms with E-state index in [1.807, 2.05) is 103 Å². The minimum Gasteiger partial charge on any atom is -0.444 e. The molecule has 6 aromatic heterocycles. The second-order valence-electron chi connectivity index (χ2n) is 28.5. The lowest BCUT2D eigenvalue weighted by Gasteiger charge is -2.58. The predicted octanol–water partition coefficient (Wildman–Crippen LogP) is 11.0. The molecule has 4 aliphatic rings. The first-order valence-corrected chi connectivity index (χ1v) is 37.6. The number of aromatic nitrogens is 10. The second kappa shape index (κ2) is 26.7. The van der Waals surface area contributed by atoms with Crippen molar-refractivity contribution in [1.82, 2.24) is 68.6 Å². The zero-order valence-corrected chi connectivity index (χ0v) is 55.4. The summed E-state index contributed by atoms with van der Waals surface area (Å²) in [4.78, 5) is 51.0. The van der Waals surface area contributed by atoms with E-state index in [9.17, 15) is 14.9 Å². The van der Waals surface area contributed by atoms with Gasteiger partial charge in [0.05, 0.1) is 42.3 Å². The number of hydrogen-bond donors (Lipinski definition) is 1. The summed E-state index contributed by atoms with van der Waals surface area (Å²) in [6.45, 7) is 38.5. The first kappa shape index (κ1) is 65.2. The summed E-state index contributed by atoms with van der Waals surface area (Å²) < 4.78 is 28.8. The Bertz CT molecular complexity index is 3360. The van der Waals surface area contributed by atoms with Crippen LogP contribution in [0.4, 0.5) is 9.59 Å². The van der Waals surface area contributed by atoms with Crippen LogP contribution in [0.1, 0.15) is 87.5 Å². The van der Waals surface area contributed by atoms with E-state index in [4.69, 9.17) is 29.3 Å². The highest BCUT2D eigenvalue weighted by atomic mass is 28.3. The topological polar surface area (TPSA) is 240 Å². The first-order valence-electron chi connectivity index (χ1n) is 30.2. The van der Waals surface area contributed by atoms with Gasteiger partial charge in [-0.15, -0.1) is 0 Å². The molecule has 24 heteroatoms. The van der Waals surface area contributed by atoms with Crippen LogP contribution < -0.4 is 0 Å². The standard InChI is InChI=1S/C31H46N8O3Si.C16H25N3O2.C15H21N5OSi/c1-29(2,3)42-28(40)36-14-10-30(4,11-15-36)38-20-31(21-38,9-12-32)39-19-24(18-35-39)26-25-8-13-37(27(25)34-22-33-26)23-41-16-17-43(5,6)7;1-15(2,3)21-14(20)18-9-6-16(4,7-10-18)19-11-13(12-19)5-8-17;1-22(2,3)7-6-21-11-20-5-4-13-14(12-8-18-19-9-12)16-10-17-15(13)20/h8,13,18-19,22H,9-11,14-17,20-21,23H2,1-7H3;5H,6-7,9-12H2,1-4H3;4-5,8-10H,6-7,11H2,1-3H3,(H,18,19). The molecule has 0 saturated carbocycles. The molecule has 4 fully saturated rings. The average molecular weight is 1210 g/mol. The maximum Gasteiger partial charge on any atom is 0.410 e. The van der Waals surface area contributed by atoms with E-state index in [0.717, 1.165) is 129 Å². The van der Waals surface area contributed by atoms with Gasteiger partial charge in [-0.25, -0.2) is 29.5 Å². The zero-order valence-electron chi connectivity index (χ0n) is 53.4. The van der Waals surface area contributed by atoms with Gasteiger partial charge < -0.3 is 37.9 Å². The van der Waals surface area contributed by atoms with Crippen molar-refractivity contribution in [2.75, 3.05) is 65.6 Å². The Labute approximate surface area is 509 Å². The first-order chi connectivity index (χ1) is 40.5. The van der Waals surface area contributed by atoms with Crippen LogP contribution in [-0.4, -0.2) is 185 Å². The molecule has 4 aliphatic heterocycles. The summed E-state index contributed by atoms with van der Waals surface area (Å²) in [7, 11) is -2.20.